The second-order valence-electron chi connectivity index (χ2n) is 5.12. The number of nitrogens with one attached hydrogen (secondary N) is 1. The third-order valence-electron chi connectivity index (χ3n) is 3.70. The van der Waals surface area contributed by atoms with Crippen molar-refractivity contribution < 1.29 is 4.74 Å². The summed E-state index contributed by atoms with van der Waals surface area (Å²) in [5, 5.41) is 3.41. The number of methoxy groups -OCH3 is 1. The third kappa shape index (κ3) is 3.30. The van der Waals surface area contributed by atoms with Crippen LogP contribution in [0.1, 0.15) is 24.0 Å². The molecule has 0 bridgehead atoms. The summed E-state index contributed by atoms with van der Waals surface area (Å²) in [6.07, 6.45) is 4.06. The third-order valence-corrected chi connectivity index (χ3v) is 3.70. The molecule has 1 saturated carbocycles. The highest BCUT2D eigenvalue weighted by Crippen LogP contribution is 2.36. The first kappa shape index (κ1) is 12.6. The van der Waals surface area contributed by atoms with Crippen molar-refractivity contribution in [3.63, 3.8) is 0 Å². The van der Waals surface area contributed by atoms with Gasteiger partial charge in [-0.15, -0.1) is 0 Å². The van der Waals surface area contributed by atoms with Crippen LogP contribution in [0.4, 0.5) is 0 Å². The summed E-state index contributed by atoms with van der Waals surface area (Å²) >= 11 is 0. The van der Waals surface area contributed by atoms with Gasteiger partial charge in [-0.2, -0.15) is 0 Å². The van der Waals surface area contributed by atoms with Crippen LogP contribution in [-0.4, -0.2) is 26.3 Å². The predicted octanol–water partition coefficient (Wildman–Crippen LogP) is 2.55. The zero-order chi connectivity index (χ0) is 12.3. The van der Waals surface area contributed by atoms with E-state index < -0.39 is 0 Å². The molecule has 1 aliphatic carbocycles. The van der Waals surface area contributed by atoms with Crippen molar-refractivity contribution in [2.24, 2.45) is 5.92 Å². The maximum atomic E-state index is 5.66. The average molecular weight is 233 g/mol. The molecule has 0 aromatic heterocycles. The maximum Gasteiger partial charge on any atom is 0.0755 e. The van der Waals surface area contributed by atoms with Gasteiger partial charge in [0.25, 0.3) is 0 Å². The lowest BCUT2D eigenvalue weighted by Crippen LogP contribution is -2.41. The Labute approximate surface area is 104 Å². The number of rotatable bonds is 6. The Kier molecular flexibility index (Phi) is 4.19. The molecule has 94 valence electrons. The van der Waals surface area contributed by atoms with E-state index in [1.807, 2.05) is 14.2 Å². The van der Waals surface area contributed by atoms with Gasteiger partial charge in [-0.25, -0.2) is 0 Å². The van der Waals surface area contributed by atoms with Crippen molar-refractivity contribution in [2.45, 2.75) is 38.3 Å². The topological polar surface area (TPSA) is 21.3 Å². The lowest BCUT2D eigenvalue weighted by atomic mass is 9.98. The molecular formula is C15H23NO. The zero-order valence-corrected chi connectivity index (χ0v) is 11.1. The summed E-state index contributed by atoms with van der Waals surface area (Å²) in [6, 6.07) is 9.23. The first-order chi connectivity index (χ1) is 8.24. The molecule has 0 saturated heterocycles. The fourth-order valence-electron chi connectivity index (χ4n) is 2.47. The minimum Gasteiger partial charge on any atom is -0.380 e. The molecule has 0 aliphatic heterocycles. The van der Waals surface area contributed by atoms with Gasteiger partial charge in [0.1, 0.15) is 0 Å². The van der Waals surface area contributed by atoms with E-state index in [1.165, 1.54) is 24.0 Å². The molecular weight excluding hydrogens is 210 g/mol. The number of hydrogen-bond acceptors (Lipinski definition) is 2. The van der Waals surface area contributed by atoms with E-state index in [1.54, 1.807) is 0 Å². The van der Waals surface area contributed by atoms with Crippen molar-refractivity contribution in [1.29, 1.82) is 0 Å². The maximum absolute atomic E-state index is 5.66. The number of aryl methyl sites for hydroxylation is 1. The summed E-state index contributed by atoms with van der Waals surface area (Å²) in [5.41, 5.74) is 2.71. The van der Waals surface area contributed by atoms with E-state index in [0.29, 0.717) is 12.1 Å². The smallest absolute Gasteiger partial charge is 0.0755 e. The Hall–Kier alpha value is -0.860. The molecule has 0 amide bonds. The van der Waals surface area contributed by atoms with Gasteiger partial charge in [-0.1, -0.05) is 29.8 Å². The fourth-order valence-corrected chi connectivity index (χ4v) is 2.47. The minimum atomic E-state index is 0.362. The standard InChI is InChI=1S/C15H23NO/c1-11-4-6-12(7-5-11)10-14(16-2)15(17-3)13-8-9-13/h4-7,13-16H,8-10H2,1-3H3. The van der Waals surface area contributed by atoms with E-state index in [0.717, 1.165) is 12.3 Å². The van der Waals surface area contributed by atoms with Crippen molar-refractivity contribution in [3.05, 3.63) is 35.4 Å². The van der Waals surface area contributed by atoms with E-state index in [2.05, 4.69) is 36.5 Å². The van der Waals surface area contributed by atoms with Gasteiger partial charge >= 0.3 is 0 Å². The minimum absolute atomic E-state index is 0.362. The number of hydrogen-bond donors (Lipinski definition) is 1. The van der Waals surface area contributed by atoms with Gasteiger partial charge in [-0.05, 0) is 44.7 Å². The zero-order valence-electron chi connectivity index (χ0n) is 11.1. The van der Waals surface area contributed by atoms with Crippen LogP contribution in [0.15, 0.2) is 24.3 Å². The normalized spacial score (nSPS) is 19.0. The average Bonchev–Trinajstić information content (AvgIpc) is 3.16. The molecule has 1 fully saturated rings. The molecule has 2 nitrogen and oxygen atoms in total. The van der Waals surface area contributed by atoms with E-state index in [4.69, 9.17) is 4.74 Å². The van der Waals surface area contributed by atoms with Gasteiger partial charge in [0, 0.05) is 13.2 Å². The van der Waals surface area contributed by atoms with E-state index in [9.17, 15) is 0 Å². The van der Waals surface area contributed by atoms with Crippen LogP contribution in [0.25, 0.3) is 0 Å². The van der Waals surface area contributed by atoms with Crippen LogP contribution in [0.2, 0.25) is 0 Å². The van der Waals surface area contributed by atoms with Crippen LogP contribution in [0.5, 0.6) is 0 Å². The summed E-state index contributed by atoms with van der Waals surface area (Å²) < 4.78 is 5.66. The molecule has 1 N–H and O–H groups in total. The lowest BCUT2D eigenvalue weighted by molar-refractivity contribution is 0.0534. The van der Waals surface area contributed by atoms with Crippen molar-refractivity contribution in [3.8, 4) is 0 Å². The number of benzene rings is 1. The summed E-state index contributed by atoms with van der Waals surface area (Å²) in [6.45, 7) is 2.13. The largest absolute Gasteiger partial charge is 0.380 e. The van der Waals surface area contributed by atoms with Gasteiger partial charge in [0.15, 0.2) is 0 Å². The molecule has 2 unspecified atom stereocenters. The first-order valence-corrected chi connectivity index (χ1v) is 6.50. The van der Waals surface area contributed by atoms with Crippen LogP contribution >= 0.6 is 0 Å². The second-order valence-corrected chi connectivity index (χ2v) is 5.12. The van der Waals surface area contributed by atoms with Gasteiger partial charge < -0.3 is 10.1 Å². The Balaban J connectivity index is 2.00. The molecule has 2 rings (SSSR count). The van der Waals surface area contributed by atoms with Crippen LogP contribution in [-0.2, 0) is 11.2 Å². The van der Waals surface area contributed by atoms with E-state index >= 15 is 0 Å². The van der Waals surface area contributed by atoms with Crippen molar-refractivity contribution in [1.82, 2.24) is 5.32 Å². The first-order valence-electron chi connectivity index (χ1n) is 6.50. The Bertz CT molecular complexity index is 342. The molecule has 17 heavy (non-hydrogen) atoms. The Morgan fingerprint density at radius 3 is 2.41 bits per heavy atom. The highest BCUT2D eigenvalue weighted by molar-refractivity contribution is 5.22. The molecule has 0 spiro atoms. The van der Waals surface area contributed by atoms with Crippen molar-refractivity contribution >= 4 is 0 Å². The molecule has 2 atom stereocenters. The fraction of sp³-hybridized carbons (Fsp3) is 0.600. The highest BCUT2D eigenvalue weighted by atomic mass is 16.5. The van der Waals surface area contributed by atoms with Crippen LogP contribution in [0, 0.1) is 12.8 Å². The predicted molar refractivity (Wildman–Crippen MR) is 71.3 cm³/mol. The van der Waals surface area contributed by atoms with Gasteiger partial charge in [0.05, 0.1) is 6.10 Å². The van der Waals surface area contributed by atoms with E-state index in [-0.39, 0.29) is 0 Å². The number of likely N-dealkylation sites (N-methyl/N-ethyl adjacent to an activating group) is 1. The van der Waals surface area contributed by atoms with Crippen molar-refractivity contribution in [2.75, 3.05) is 14.2 Å². The molecule has 1 aromatic rings. The second kappa shape index (κ2) is 5.65. The molecule has 0 heterocycles. The Morgan fingerprint density at radius 2 is 1.94 bits per heavy atom. The molecule has 0 radical (unpaired) electrons. The summed E-state index contributed by atoms with van der Waals surface area (Å²) in [7, 11) is 3.87. The Morgan fingerprint density at radius 1 is 1.29 bits per heavy atom. The quantitative estimate of drug-likeness (QED) is 0.815. The molecule has 1 aliphatic rings. The number of ether oxygens (including phenoxy) is 1. The van der Waals surface area contributed by atoms with Gasteiger partial charge in [-0.3, -0.25) is 0 Å². The highest BCUT2D eigenvalue weighted by Gasteiger charge is 2.36. The summed E-state index contributed by atoms with van der Waals surface area (Å²) in [4.78, 5) is 0. The monoisotopic (exact) mass is 233 g/mol. The SMILES string of the molecule is CNC(Cc1ccc(C)cc1)C(OC)C1CC1. The van der Waals surface area contributed by atoms with Gasteiger partial charge in [0.2, 0.25) is 0 Å². The van der Waals surface area contributed by atoms with Crippen LogP contribution in [0.3, 0.4) is 0 Å². The van der Waals surface area contributed by atoms with Crippen LogP contribution < -0.4 is 5.32 Å². The lowest BCUT2D eigenvalue weighted by Gasteiger charge is -2.25. The molecule has 2 heteroatoms. The summed E-state index contributed by atoms with van der Waals surface area (Å²) in [5.74, 6) is 0.767. The molecule has 1 aromatic carbocycles.